The Balaban J connectivity index is 0.938. The molecule has 194 valence electrons. The van der Waals surface area contributed by atoms with Gasteiger partial charge in [-0.25, -0.2) is 22.9 Å². The van der Waals surface area contributed by atoms with Gasteiger partial charge in [-0.15, -0.1) is 5.10 Å². The first kappa shape index (κ1) is 23.7. The summed E-state index contributed by atoms with van der Waals surface area (Å²) in [4.78, 5) is 24.3. The van der Waals surface area contributed by atoms with Gasteiger partial charge < -0.3 is 9.80 Å². The monoisotopic (exact) mass is 524 g/mol. The topological polar surface area (TPSA) is 101 Å². The van der Waals surface area contributed by atoms with Crippen molar-refractivity contribution in [3.05, 3.63) is 36.2 Å². The van der Waals surface area contributed by atoms with Crippen LogP contribution in [0.2, 0.25) is 0 Å². The Kier molecular flexibility index (Phi) is 5.04. The van der Waals surface area contributed by atoms with Crippen molar-refractivity contribution in [2.45, 2.75) is 49.2 Å². The van der Waals surface area contributed by atoms with Crippen molar-refractivity contribution in [3.63, 3.8) is 0 Å². The van der Waals surface area contributed by atoms with Crippen LogP contribution in [0, 0.1) is 16.7 Å². The highest BCUT2D eigenvalue weighted by atomic mass is 32.2. The van der Waals surface area contributed by atoms with Crippen LogP contribution in [0.1, 0.15) is 43.1 Å². The number of hydrogen-bond donors (Lipinski definition) is 0. The summed E-state index contributed by atoms with van der Waals surface area (Å²) >= 11 is 0. The van der Waals surface area contributed by atoms with E-state index >= 15 is 0 Å². The van der Waals surface area contributed by atoms with Gasteiger partial charge in [0.25, 0.3) is 5.82 Å². The second-order valence-electron chi connectivity index (χ2n) is 11.4. The summed E-state index contributed by atoms with van der Waals surface area (Å²) in [6.45, 7) is 2.77. The molecule has 36 heavy (non-hydrogen) atoms. The normalized spacial score (nSPS) is 23.2. The van der Waals surface area contributed by atoms with Crippen molar-refractivity contribution in [1.82, 2.24) is 29.5 Å². The number of carbonyl (C=O) groups is 1. The third-order valence-electron chi connectivity index (χ3n) is 8.29. The predicted molar refractivity (Wildman–Crippen MR) is 120 cm³/mol. The Morgan fingerprint density at radius 2 is 1.67 bits per heavy atom. The number of nitrogens with zero attached hydrogens (tertiary/aromatic N) is 6. The number of amides is 2. The van der Waals surface area contributed by atoms with Crippen molar-refractivity contribution >= 4 is 15.9 Å². The number of hydrogen-bond acceptors (Lipinski definition) is 6. The second-order valence-corrected chi connectivity index (χ2v) is 13.4. The molecule has 2 aromatic rings. The number of sulfone groups is 1. The van der Waals surface area contributed by atoms with E-state index in [4.69, 9.17) is 0 Å². The van der Waals surface area contributed by atoms with Crippen LogP contribution in [0.5, 0.6) is 0 Å². The largest absolute Gasteiger partial charge is 0.453 e. The molecule has 0 bridgehead atoms. The zero-order chi connectivity index (χ0) is 25.5. The van der Waals surface area contributed by atoms with Gasteiger partial charge in [-0.2, -0.15) is 13.2 Å². The predicted octanol–water partition coefficient (Wildman–Crippen LogP) is 2.81. The SMILES string of the molecule is CS(=O)(=O)c1cncc(CC2CC3(C2)CN(C(=O)N2CC4(CC(n5cnc(C(F)(F)F)n5)C4)C2)C3)c1. The Morgan fingerprint density at radius 3 is 2.22 bits per heavy atom. The standard InChI is InChI=1S/C23H27F3N6O3S/c1-36(34,35)18-3-15(8-27-9-18)2-16-4-21(5-16)10-30(11-21)20(33)31-12-22(13-31)6-17(7-22)32-14-28-19(29-32)23(24,25)26/h3,8-9,14,16-17H,2,4-7,10-13H2,1H3. The van der Waals surface area contributed by atoms with Crippen molar-refractivity contribution < 1.29 is 26.4 Å². The lowest BCUT2D eigenvalue weighted by molar-refractivity contribution is -0.145. The smallest absolute Gasteiger partial charge is 0.323 e. The molecule has 2 aliphatic heterocycles. The van der Waals surface area contributed by atoms with Gasteiger partial charge >= 0.3 is 12.2 Å². The number of rotatable bonds is 4. The fraction of sp³-hybridized carbons (Fsp3) is 0.652. The quantitative estimate of drug-likeness (QED) is 0.610. The summed E-state index contributed by atoms with van der Waals surface area (Å²) < 4.78 is 63.0. The molecule has 13 heteroatoms. The Hall–Kier alpha value is -2.70. The summed E-state index contributed by atoms with van der Waals surface area (Å²) in [7, 11) is -3.28. The molecule has 0 radical (unpaired) electrons. The zero-order valence-corrected chi connectivity index (χ0v) is 20.6. The molecular weight excluding hydrogens is 497 g/mol. The molecule has 2 saturated heterocycles. The Morgan fingerprint density at radius 1 is 1.06 bits per heavy atom. The van der Waals surface area contributed by atoms with Crippen molar-refractivity contribution in [2.75, 3.05) is 32.4 Å². The Labute approximate surface area is 206 Å². The number of halogens is 3. The molecule has 2 aliphatic carbocycles. The van der Waals surface area contributed by atoms with Gasteiger partial charge in [-0.1, -0.05) is 0 Å². The van der Waals surface area contributed by atoms with Gasteiger partial charge in [-0.05, 0) is 49.7 Å². The van der Waals surface area contributed by atoms with Crippen molar-refractivity contribution in [1.29, 1.82) is 0 Å². The number of likely N-dealkylation sites (tertiary alicyclic amines) is 2. The lowest BCUT2D eigenvalue weighted by Gasteiger charge is -2.63. The van der Waals surface area contributed by atoms with Gasteiger partial charge in [0.05, 0.1) is 10.9 Å². The molecule has 0 N–H and O–H groups in total. The van der Waals surface area contributed by atoms with E-state index in [9.17, 15) is 26.4 Å². The second kappa shape index (κ2) is 7.65. The molecule has 2 amide bonds. The van der Waals surface area contributed by atoms with E-state index in [1.807, 2.05) is 9.80 Å². The van der Waals surface area contributed by atoms with Crippen LogP contribution >= 0.6 is 0 Å². The van der Waals surface area contributed by atoms with Crippen LogP contribution in [0.25, 0.3) is 0 Å². The summed E-state index contributed by atoms with van der Waals surface area (Å²) in [5, 5.41) is 3.57. The lowest BCUT2D eigenvalue weighted by Crippen LogP contribution is -2.71. The fourth-order valence-corrected chi connectivity index (χ4v) is 7.26. The van der Waals surface area contributed by atoms with Crippen LogP contribution in [0.4, 0.5) is 18.0 Å². The van der Waals surface area contributed by atoms with Crippen LogP contribution in [-0.4, -0.2) is 76.4 Å². The van der Waals surface area contributed by atoms with E-state index in [0.717, 1.165) is 44.2 Å². The van der Waals surface area contributed by atoms with E-state index in [-0.39, 0.29) is 27.8 Å². The minimum absolute atomic E-state index is 0.0106. The molecule has 0 aromatic carbocycles. The van der Waals surface area contributed by atoms with E-state index in [1.54, 1.807) is 12.3 Å². The summed E-state index contributed by atoms with van der Waals surface area (Å²) in [6, 6.07) is 1.65. The van der Waals surface area contributed by atoms with Crippen molar-refractivity contribution in [3.8, 4) is 0 Å². The number of pyridine rings is 1. The third-order valence-corrected chi connectivity index (χ3v) is 9.36. The maximum absolute atomic E-state index is 12.9. The highest BCUT2D eigenvalue weighted by Crippen LogP contribution is 2.56. The summed E-state index contributed by atoms with van der Waals surface area (Å²) in [6.07, 6.45) is 5.12. The molecule has 4 aliphatic rings. The minimum Gasteiger partial charge on any atom is -0.323 e. The first-order valence-corrected chi connectivity index (χ1v) is 13.9. The van der Waals surface area contributed by atoms with E-state index in [1.165, 1.54) is 17.1 Å². The highest BCUT2D eigenvalue weighted by molar-refractivity contribution is 7.90. The molecular formula is C23H27F3N6O3S. The fourth-order valence-electron chi connectivity index (χ4n) is 6.64. The molecule has 2 saturated carbocycles. The highest BCUT2D eigenvalue weighted by Gasteiger charge is 2.58. The Bertz CT molecular complexity index is 1300. The van der Waals surface area contributed by atoms with Crippen LogP contribution in [-0.2, 0) is 22.4 Å². The number of urea groups is 1. The minimum atomic E-state index is -4.54. The number of aromatic nitrogens is 4. The molecule has 9 nitrogen and oxygen atoms in total. The van der Waals surface area contributed by atoms with E-state index in [2.05, 4.69) is 15.1 Å². The average molecular weight is 525 g/mol. The van der Waals surface area contributed by atoms with Gasteiger partial charge in [-0.3, -0.25) is 4.98 Å². The molecule has 4 fully saturated rings. The average Bonchev–Trinajstić information content (AvgIpc) is 3.16. The summed E-state index contributed by atoms with van der Waals surface area (Å²) in [5.41, 5.74) is 1.09. The van der Waals surface area contributed by atoms with Crippen LogP contribution in [0.15, 0.2) is 29.7 Å². The molecule has 4 heterocycles. The van der Waals surface area contributed by atoms with Crippen LogP contribution in [0.3, 0.4) is 0 Å². The van der Waals surface area contributed by atoms with E-state index in [0.29, 0.717) is 31.8 Å². The molecule has 2 spiro atoms. The molecule has 2 aromatic heterocycles. The maximum Gasteiger partial charge on any atom is 0.453 e. The number of alkyl halides is 3. The van der Waals surface area contributed by atoms with Crippen molar-refractivity contribution in [2.24, 2.45) is 16.7 Å². The summed E-state index contributed by atoms with van der Waals surface area (Å²) in [5.74, 6) is -0.648. The van der Waals surface area contributed by atoms with Gasteiger partial charge in [0.15, 0.2) is 9.84 Å². The lowest BCUT2D eigenvalue weighted by atomic mass is 9.56. The van der Waals surface area contributed by atoms with E-state index < -0.39 is 21.8 Å². The number of carbonyl (C=O) groups excluding carboxylic acids is 1. The zero-order valence-electron chi connectivity index (χ0n) is 19.8. The first-order chi connectivity index (χ1) is 16.8. The van der Waals surface area contributed by atoms with Gasteiger partial charge in [0.1, 0.15) is 6.33 Å². The van der Waals surface area contributed by atoms with Crippen LogP contribution < -0.4 is 0 Å². The molecule has 0 atom stereocenters. The van der Waals surface area contributed by atoms with Gasteiger partial charge in [0, 0.05) is 55.7 Å². The third kappa shape index (κ3) is 4.04. The van der Waals surface area contributed by atoms with Gasteiger partial charge in [0.2, 0.25) is 0 Å². The molecule has 6 rings (SSSR count). The first-order valence-electron chi connectivity index (χ1n) is 12.0. The molecule has 0 unspecified atom stereocenters. The maximum atomic E-state index is 12.9.